The lowest BCUT2D eigenvalue weighted by Gasteiger charge is -2.01. The molecule has 0 unspecified atom stereocenters. The summed E-state index contributed by atoms with van der Waals surface area (Å²) in [5.41, 5.74) is 3.94. The molecule has 4 nitrogen and oxygen atoms in total. The molecule has 0 aliphatic heterocycles. The largest absolute Gasteiger partial charge is 0.411 e. The second-order valence-electron chi connectivity index (χ2n) is 5.50. The Kier molecular flexibility index (Phi) is 5.11. The lowest BCUT2D eigenvalue weighted by atomic mass is 10.1. The zero-order valence-electron chi connectivity index (χ0n) is 13.7. The Labute approximate surface area is 145 Å². The SMILES string of the molecule is CCc1ccc(C(=O)CSc2nnc(-c3cccc(C)c3)o2)cc1. The average molecular weight is 338 g/mol. The fraction of sp³-hybridized carbons (Fsp3) is 0.211. The van der Waals surface area contributed by atoms with Crippen molar-refractivity contribution in [2.75, 3.05) is 5.75 Å². The van der Waals surface area contributed by atoms with Crippen LogP contribution in [0.25, 0.3) is 11.5 Å². The van der Waals surface area contributed by atoms with Gasteiger partial charge in [-0.2, -0.15) is 0 Å². The molecular weight excluding hydrogens is 320 g/mol. The van der Waals surface area contributed by atoms with Gasteiger partial charge in [-0.15, -0.1) is 10.2 Å². The first-order chi connectivity index (χ1) is 11.7. The van der Waals surface area contributed by atoms with Gasteiger partial charge in [0.2, 0.25) is 5.89 Å². The average Bonchev–Trinajstić information content (AvgIpc) is 3.09. The fourth-order valence-electron chi connectivity index (χ4n) is 2.30. The Morgan fingerprint density at radius 3 is 2.62 bits per heavy atom. The molecule has 2 aromatic carbocycles. The van der Waals surface area contributed by atoms with Gasteiger partial charge < -0.3 is 4.42 Å². The number of aryl methyl sites for hydroxylation is 2. The van der Waals surface area contributed by atoms with Crippen LogP contribution in [-0.2, 0) is 6.42 Å². The predicted octanol–water partition coefficient (Wildman–Crippen LogP) is 4.58. The molecule has 0 bridgehead atoms. The van der Waals surface area contributed by atoms with Crippen LogP contribution in [0.1, 0.15) is 28.4 Å². The Morgan fingerprint density at radius 1 is 1.12 bits per heavy atom. The topological polar surface area (TPSA) is 56.0 Å². The van der Waals surface area contributed by atoms with E-state index in [2.05, 4.69) is 17.1 Å². The van der Waals surface area contributed by atoms with Crippen LogP contribution in [0.3, 0.4) is 0 Å². The zero-order valence-corrected chi connectivity index (χ0v) is 14.5. The molecule has 24 heavy (non-hydrogen) atoms. The predicted molar refractivity (Wildman–Crippen MR) is 95.3 cm³/mol. The molecule has 3 aromatic rings. The highest BCUT2D eigenvalue weighted by molar-refractivity contribution is 7.99. The number of rotatable bonds is 6. The minimum absolute atomic E-state index is 0.0537. The van der Waals surface area contributed by atoms with Gasteiger partial charge in [-0.1, -0.05) is 60.6 Å². The first kappa shape index (κ1) is 16.5. The van der Waals surface area contributed by atoms with Crippen LogP contribution < -0.4 is 0 Å². The molecule has 0 fully saturated rings. The summed E-state index contributed by atoms with van der Waals surface area (Å²) in [5.74, 6) is 0.805. The summed E-state index contributed by atoms with van der Waals surface area (Å²) >= 11 is 1.26. The van der Waals surface area contributed by atoms with E-state index in [4.69, 9.17) is 4.42 Å². The molecule has 0 saturated carbocycles. The molecule has 0 aliphatic carbocycles. The van der Waals surface area contributed by atoms with Crippen molar-refractivity contribution in [1.82, 2.24) is 10.2 Å². The van der Waals surface area contributed by atoms with Crippen molar-refractivity contribution in [2.45, 2.75) is 25.5 Å². The number of benzene rings is 2. The minimum Gasteiger partial charge on any atom is -0.411 e. The summed E-state index contributed by atoms with van der Waals surface area (Å²) in [7, 11) is 0. The maximum atomic E-state index is 12.2. The van der Waals surface area contributed by atoms with Crippen LogP contribution in [0.4, 0.5) is 0 Å². The first-order valence-electron chi connectivity index (χ1n) is 7.81. The molecule has 3 rings (SSSR count). The number of ketones is 1. The summed E-state index contributed by atoms with van der Waals surface area (Å²) in [6, 6.07) is 15.6. The first-order valence-corrected chi connectivity index (χ1v) is 8.79. The van der Waals surface area contributed by atoms with Crippen LogP contribution in [0.5, 0.6) is 0 Å². The van der Waals surface area contributed by atoms with Gasteiger partial charge in [0, 0.05) is 11.1 Å². The second kappa shape index (κ2) is 7.45. The van der Waals surface area contributed by atoms with Crippen molar-refractivity contribution in [3.05, 3.63) is 65.2 Å². The van der Waals surface area contributed by atoms with Crippen LogP contribution in [0.15, 0.2) is 58.2 Å². The van der Waals surface area contributed by atoms with E-state index in [1.807, 2.05) is 55.5 Å². The Balaban J connectivity index is 1.63. The Morgan fingerprint density at radius 2 is 1.92 bits per heavy atom. The number of carbonyl (C=O) groups excluding carboxylic acids is 1. The minimum atomic E-state index is 0.0537. The van der Waals surface area contributed by atoms with Gasteiger partial charge in [0.25, 0.3) is 5.22 Å². The monoisotopic (exact) mass is 338 g/mol. The van der Waals surface area contributed by atoms with Crippen LogP contribution in [0.2, 0.25) is 0 Å². The summed E-state index contributed by atoms with van der Waals surface area (Å²) in [4.78, 5) is 12.2. The van der Waals surface area contributed by atoms with Crippen molar-refractivity contribution in [3.8, 4) is 11.5 Å². The number of thioether (sulfide) groups is 1. The van der Waals surface area contributed by atoms with E-state index in [9.17, 15) is 4.79 Å². The quantitative estimate of drug-likeness (QED) is 0.486. The summed E-state index contributed by atoms with van der Waals surface area (Å²) < 4.78 is 5.64. The number of hydrogen-bond donors (Lipinski definition) is 0. The molecule has 0 aliphatic rings. The molecule has 1 heterocycles. The van der Waals surface area contributed by atoms with E-state index in [0.29, 0.717) is 16.7 Å². The van der Waals surface area contributed by atoms with Gasteiger partial charge in [-0.3, -0.25) is 4.79 Å². The van der Waals surface area contributed by atoms with Crippen molar-refractivity contribution in [2.24, 2.45) is 0 Å². The van der Waals surface area contributed by atoms with Crippen molar-refractivity contribution in [3.63, 3.8) is 0 Å². The smallest absolute Gasteiger partial charge is 0.277 e. The van der Waals surface area contributed by atoms with E-state index >= 15 is 0 Å². The van der Waals surface area contributed by atoms with E-state index < -0.39 is 0 Å². The number of hydrogen-bond acceptors (Lipinski definition) is 5. The molecule has 1 aromatic heterocycles. The van der Waals surface area contributed by atoms with Crippen LogP contribution >= 0.6 is 11.8 Å². The second-order valence-corrected chi connectivity index (χ2v) is 6.43. The van der Waals surface area contributed by atoms with Gasteiger partial charge >= 0.3 is 0 Å². The van der Waals surface area contributed by atoms with Crippen molar-refractivity contribution >= 4 is 17.5 Å². The fourth-order valence-corrected chi connectivity index (χ4v) is 2.96. The molecule has 5 heteroatoms. The normalized spacial score (nSPS) is 10.8. The summed E-state index contributed by atoms with van der Waals surface area (Å²) in [6.45, 7) is 4.10. The third-order valence-electron chi connectivity index (χ3n) is 3.68. The molecule has 0 spiro atoms. The van der Waals surface area contributed by atoms with E-state index in [1.165, 1.54) is 17.3 Å². The molecular formula is C19H18N2O2S. The molecule has 0 radical (unpaired) electrons. The van der Waals surface area contributed by atoms with Crippen molar-refractivity contribution < 1.29 is 9.21 Å². The third-order valence-corrected chi connectivity index (χ3v) is 4.50. The van der Waals surface area contributed by atoms with Gasteiger partial charge in [-0.25, -0.2) is 0 Å². The number of nitrogens with zero attached hydrogens (tertiary/aromatic N) is 2. The van der Waals surface area contributed by atoms with Crippen LogP contribution in [0, 0.1) is 6.92 Å². The van der Waals surface area contributed by atoms with Gasteiger partial charge in [-0.05, 0) is 31.0 Å². The maximum absolute atomic E-state index is 12.2. The van der Waals surface area contributed by atoms with E-state index in [1.54, 1.807) is 0 Å². The standard InChI is InChI=1S/C19H18N2O2S/c1-3-14-7-9-15(10-8-14)17(22)12-24-19-21-20-18(23-19)16-6-4-5-13(2)11-16/h4-11H,3,12H2,1-2H3. The Hall–Kier alpha value is -2.40. The third kappa shape index (κ3) is 3.92. The maximum Gasteiger partial charge on any atom is 0.277 e. The number of Topliss-reactive ketones (excluding diaryl/α,β-unsaturated/α-hetero) is 1. The molecule has 0 atom stereocenters. The van der Waals surface area contributed by atoms with Crippen LogP contribution in [-0.4, -0.2) is 21.7 Å². The van der Waals surface area contributed by atoms with Crippen molar-refractivity contribution in [1.29, 1.82) is 0 Å². The zero-order chi connectivity index (χ0) is 16.9. The highest BCUT2D eigenvalue weighted by atomic mass is 32.2. The molecule has 0 saturated heterocycles. The summed E-state index contributed by atoms with van der Waals surface area (Å²) in [5, 5.41) is 8.47. The molecule has 0 amide bonds. The lowest BCUT2D eigenvalue weighted by molar-refractivity contribution is 0.102. The van der Waals surface area contributed by atoms with Gasteiger partial charge in [0.1, 0.15) is 0 Å². The highest BCUT2D eigenvalue weighted by Crippen LogP contribution is 2.24. The highest BCUT2D eigenvalue weighted by Gasteiger charge is 2.12. The van der Waals surface area contributed by atoms with Gasteiger partial charge in [0.05, 0.1) is 5.75 Å². The van der Waals surface area contributed by atoms with E-state index in [-0.39, 0.29) is 11.5 Å². The van der Waals surface area contributed by atoms with E-state index in [0.717, 1.165) is 17.5 Å². The number of aromatic nitrogens is 2. The lowest BCUT2D eigenvalue weighted by Crippen LogP contribution is -2.02. The molecule has 122 valence electrons. The molecule has 0 N–H and O–H groups in total. The number of carbonyl (C=O) groups is 1. The summed E-state index contributed by atoms with van der Waals surface area (Å²) in [6.07, 6.45) is 0.965. The van der Waals surface area contributed by atoms with Gasteiger partial charge in [0.15, 0.2) is 5.78 Å². The Bertz CT molecular complexity index is 841.